The largest absolute Gasteiger partial charge is 0.481 e. The van der Waals surface area contributed by atoms with E-state index in [0.29, 0.717) is 18.1 Å². The fourth-order valence-corrected chi connectivity index (χ4v) is 2.57. The van der Waals surface area contributed by atoms with Gasteiger partial charge >= 0.3 is 5.97 Å². The van der Waals surface area contributed by atoms with Gasteiger partial charge in [-0.05, 0) is 30.2 Å². The van der Waals surface area contributed by atoms with Gasteiger partial charge in [-0.2, -0.15) is 0 Å². The third-order valence-electron chi connectivity index (χ3n) is 3.53. The van der Waals surface area contributed by atoms with Gasteiger partial charge in [0, 0.05) is 6.42 Å². The minimum atomic E-state index is -0.855. The zero-order valence-electron chi connectivity index (χ0n) is 10.1. The molecule has 1 atom stereocenters. The summed E-state index contributed by atoms with van der Waals surface area (Å²) in [5.74, 6) is 0.517. The Morgan fingerprint density at radius 3 is 2.61 bits per heavy atom. The van der Waals surface area contributed by atoms with Crippen molar-refractivity contribution in [3.05, 3.63) is 23.3 Å². The van der Waals surface area contributed by atoms with Gasteiger partial charge in [0.05, 0.1) is 13.0 Å². The molecule has 0 aromatic heterocycles. The van der Waals surface area contributed by atoms with Crippen molar-refractivity contribution in [2.24, 2.45) is 0 Å². The average molecular weight is 250 g/mol. The van der Waals surface area contributed by atoms with E-state index in [0.717, 1.165) is 17.5 Å². The predicted octanol–water partition coefficient (Wildman–Crippen LogP) is 1.81. The molecule has 1 unspecified atom stereocenters. The summed E-state index contributed by atoms with van der Waals surface area (Å²) in [5, 5.41) is 9.02. The van der Waals surface area contributed by atoms with Crippen LogP contribution in [0.15, 0.2) is 12.1 Å². The highest BCUT2D eigenvalue weighted by Gasteiger charge is 2.44. The summed E-state index contributed by atoms with van der Waals surface area (Å²) in [5.41, 5.74) is 1.16. The lowest BCUT2D eigenvalue weighted by atomic mass is 9.81. The third-order valence-corrected chi connectivity index (χ3v) is 3.53. The summed E-state index contributed by atoms with van der Waals surface area (Å²) in [7, 11) is 0. The molecule has 96 valence electrons. The molecule has 0 bridgehead atoms. The normalized spacial score (nSPS) is 24.7. The van der Waals surface area contributed by atoms with Crippen molar-refractivity contribution in [1.29, 1.82) is 0 Å². The van der Waals surface area contributed by atoms with E-state index in [1.54, 1.807) is 0 Å². The van der Waals surface area contributed by atoms with Crippen LogP contribution in [0.3, 0.4) is 0 Å². The summed E-state index contributed by atoms with van der Waals surface area (Å²) in [4.78, 5) is 11.0. The van der Waals surface area contributed by atoms with Crippen LogP contribution in [0.4, 0.5) is 0 Å². The van der Waals surface area contributed by atoms with Crippen molar-refractivity contribution in [2.45, 2.75) is 25.4 Å². The number of ether oxygens (including phenoxy) is 3. The van der Waals surface area contributed by atoms with Gasteiger partial charge in [-0.3, -0.25) is 4.79 Å². The van der Waals surface area contributed by atoms with Crippen molar-refractivity contribution in [3.8, 4) is 11.5 Å². The highest BCUT2D eigenvalue weighted by molar-refractivity contribution is 5.69. The number of hydrogen-bond acceptors (Lipinski definition) is 4. The molecule has 0 aliphatic carbocycles. The van der Waals surface area contributed by atoms with Crippen LogP contribution in [-0.4, -0.2) is 24.5 Å². The number of fused-ring (bicyclic) bond motifs is 1. The maximum atomic E-state index is 11.0. The Hall–Kier alpha value is -1.75. The predicted molar refractivity (Wildman–Crippen MR) is 61.8 cm³/mol. The van der Waals surface area contributed by atoms with Crippen LogP contribution in [0.1, 0.15) is 24.0 Å². The van der Waals surface area contributed by atoms with Crippen LogP contribution in [0, 0.1) is 6.92 Å². The second-order valence-electron chi connectivity index (χ2n) is 4.68. The molecule has 2 aliphatic heterocycles. The molecule has 1 saturated heterocycles. The lowest BCUT2D eigenvalue weighted by molar-refractivity contribution is -0.176. The zero-order chi connectivity index (χ0) is 12.8. The molecule has 1 aromatic carbocycles. The first-order valence-corrected chi connectivity index (χ1v) is 5.87. The van der Waals surface area contributed by atoms with Crippen LogP contribution in [0.25, 0.3) is 0 Å². The summed E-state index contributed by atoms with van der Waals surface area (Å²) >= 11 is 0. The van der Waals surface area contributed by atoms with Gasteiger partial charge in [-0.15, -0.1) is 0 Å². The van der Waals surface area contributed by atoms with Crippen molar-refractivity contribution in [1.82, 2.24) is 0 Å². The van der Waals surface area contributed by atoms with Crippen LogP contribution in [0.5, 0.6) is 11.5 Å². The molecule has 2 aliphatic rings. The molecular formula is C13H14O5. The van der Waals surface area contributed by atoms with Crippen LogP contribution >= 0.6 is 0 Å². The van der Waals surface area contributed by atoms with E-state index in [9.17, 15) is 4.79 Å². The molecule has 1 fully saturated rings. The Labute approximate surface area is 104 Å². The van der Waals surface area contributed by atoms with Crippen LogP contribution < -0.4 is 9.47 Å². The SMILES string of the molecule is Cc1cc2c(cc1C1(CC(=O)O)CCO1)OCO2. The van der Waals surface area contributed by atoms with Crippen molar-refractivity contribution in [3.63, 3.8) is 0 Å². The van der Waals surface area contributed by atoms with Crippen molar-refractivity contribution in [2.75, 3.05) is 13.4 Å². The fourth-order valence-electron chi connectivity index (χ4n) is 2.57. The number of rotatable bonds is 3. The van der Waals surface area contributed by atoms with E-state index in [1.165, 1.54) is 0 Å². The molecule has 3 rings (SSSR count). The lowest BCUT2D eigenvalue weighted by Crippen LogP contribution is -2.43. The molecule has 1 N–H and O–H groups in total. The molecule has 1 aromatic rings. The first kappa shape index (κ1) is 11.3. The maximum absolute atomic E-state index is 11.0. The Morgan fingerprint density at radius 2 is 2.06 bits per heavy atom. The quantitative estimate of drug-likeness (QED) is 0.886. The fraction of sp³-hybridized carbons (Fsp3) is 0.462. The second kappa shape index (κ2) is 3.88. The maximum Gasteiger partial charge on any atom is 0.306 e. The van der Waals surface area contributed by atoms with Gasteiger partial charge in [0.1, 0.15) is 5.60 Å². The third kappa shape index (κ3) is 1.62. The second-order valence-corrected chi connectivity index (χ2v) is 4.68. The Kier molecular flexibility index (Phi) is 2.45. The molecule has 5 nitrogen and oxygen atoms in total. The summed E-state index contributed by atoms with van der Waals surface area (Å²) in [6.07, 6.45) is 0.702. The number of benzene rings is 1. The summed E-state index contributed by atoms with van der Waals surface area (Å²) in [6.45, 7) is 2.74. The summed E-state index contributed by atoms with van der Waals surface area (Å²) in [6, 6.07) is 3.72. The molecule has 0 amide bonds. The molecule has 5 heteroatoms. The van der Waals surface area contributed by atoms with Gasteiger partial charge in [0.2, 0.25) is 6.79 Å². The Balaban J connectivity index is 2.02. The monoisotopic (exact) mass is 250 g/mol. The number of carboxylic acids is 1. The van der Waals surface area contributed by atoms with E-state index < -0.39 is 11.6 Å². The van der Waals surface area contributed by atoms with E-state index in [1.807, 2.05) is 19.1 Å². The van der Waals surface area contributed by atoms with Gasteiger partial charge in [0.25, 0.3) is 0 Å². The minimum absolute atomic E-state index is 0.0204. The standard InChI is InChI=1S/C13H14O5/c1-8-4-10-11(17-7-16-10)5-9(8)13(2-3-18-13)6-12(14)15/h4-5H,2-3,6-7H2,1H3,(H,14,15). The van der Waals surface area contributed by atoms with E-state index in [4.69, 9.17) is 19.3 Å². The average Bonchev–Trinajstić information content (AvgIpc) is 2.69. The molecule has 18 heavy (non-hydrogen) atoms. The van der Waals surface area contributed by atoms with Crippen molar-refractivity contribution >= 4 is 5.97 Å². The summed E-state index contributed by atoms with van der Waals surface area (Å²) < 4.78 is 16.2. The topological polar surface area (TPSA) is 65.0 Å². The van der Waals surface area contributed by atoms with E-state index in [-0.39, 0.29) is 13.2 Å². The first-order chi connectivity index (χ1) is 8.61. The zero-order valence-corrected chi connectivity index (χ0v) is 10.1. The van der Waals surface area contributed by atoms with Gasteiger partial charge in [-0.25, -0.2) is 0 Å². The molecule has 2 heterocycles. The molecule has 0 spiro atoms. The number of carboxylic acid groups (broad SMARTS) is 1. The highest BCUT2D eigenvalue weighted by atomic mass is 16.7. The minimum Gasteiger partial charge on any atom is -0.481 e. The molecule has 0 radical (unpaired) electrons. The van der Waals surface area contributed by atoms with Crippen LogP contribution in [-0.2, 0) is 15.1 Å². The lowest BCUT2D eigenvalue weighted by Gasteiger charge is -2.42. The molecule has 0 saturated carbocycles. The number of hydrogen-bond donors (Lipinski definition) is 1. The number of aliphatic carboxylic acids is 1. The van der Waals surface area contributed by atoms with Crippen molar-refractivity contribution < 1.29 is 24.1 Å². The van der Waals surface area contributed by atoms with Gasteiger partial charge in [0.15, 0.2) is 11.5 Å². The Morgan fingerprint density at radius 1 is 1.39 bits per heavy atom. The number of carbonyl (C=O) groups is 1. The highest BCUT2D eigenvalue weighted by Crippen LogP contribution is 2.46. The first-order valence-electron chi connectivity index (χ1n) is 5.87. The van der Waals surface area contributed by atoms with E-state index in [2.05, 4.69) is 0 Å². The van der Waals surface area contributed by atoms with Crippen LogP contribution in [0.2, 0.25) is 0 Å². The molecular weight excluding hydrogens is 236 g/mol. The smallest absolute Gasteiger partial charge is 0.306 e. The Bertz CT molecular complexity index is 504. The van der Waals surface area contributed by atoms with Gasteiger partial charge < -0.3 is 19.3 Å². The number of aryl methyl sites for hydroxylation is 1. The van der Waals surface area contributed by atoms with Gasteiger partial charge in [-0.1, -0.05) is 0 Å². The van der Waals surface area contributed by atoms with E-state index >= 15 is 0 Å².